The van der Waals surface area contributed by atoms with Crippen LogP contribution < -0.4 is 9.47 Å². The number of carboxylic acid groups (broad SMARTS) is 1. The summed E-state index contributed by atoms with van der Waals surface area (Å²) >= 11 is 6.95. The number of carbonyl (C=O) groups is 2. The van der Waals surface area contributed by atoms with Crippen molar-refractivity contribution in [3.05, 3.63) is 106 Å². The maximum Gasteiger partial charge on any atom is 0.320 e. The van der Waals surface area contributed by atoms with Crippen molar-refractivity contribution in [3.63, 3.8) is 0 Å². The number of nitriles is 1. The van der Waals surface area contributed by atoms with Crippen molar-refractivity contribution < 1.29 is 24.2 Å². The second kappa shape index (κ2) is 15.1. The molecule has 1 amide bonds. The van der Waals surface area contributed by atoms with Gasteiger partial charge in [-0.15, -0.1) is 0 Å². The van der Waals surface area contributed by atoms with Crippen LogP contribution in [0.3, 0.4) is 0 Å². The van der Waals surface area contributed by atoms with Crippen LogP contribution in [0.2, 0.25) is 5.02 Å². The lowest BCUT2D eigenvalue weighted by Gasteiger charge is -2.48. The molecule has 0 spiro atoms. The number of carbonyl (C=O) groups excluding carboxylic acids is 1. The normalized spacial score (nSPS) is 21.7. The molecule has 1 unspecified atom stereocenters. The maximum atomic E-state index is 14.6. The summed E-state index contributed by atoms with van der Waals surface area (Å²) in [6.07, 6.45) is 13.4. The number of rotatable bonds is 11. The van der Waals surface area contributed by atoms with Crippen LogP contribution in [0.25, 0.3) is 5.57 Å². The minimum atomic E-state index is -1.04. The molecule has 3 heterocycles. The topological polar surface area (TPSA) is 116 Å². The Bertz CT molecular complexity index is 1830. The van der Waals surface area contributed by atoms with Gasteiger partial charge in [-0.05, 0) is 55.5 Å². The number of pyridine rings is 1. The third-order valence-corrected chi connectivity index (χ3v) is 10.7. The molecule has 0 saturated carbocycles. The largest absolute Gasteiger partial charge is 0.490 e. The quantitative estimate of drug-likeness (QED) is 0.223. The van der Waals surface area contributed by atoms with Gasteiger partial charge in [0.2, 0.25) is 5.91 Å². The van der Waals surface area contributed by atoms with Gasteiger partial charge in [-0.25, -0.2) is 0 Å². The number of nitrogens with zero attached hydrogens (tertiary/aromatic N) is 4. The zero-order valence-electron chi connectivity index (χ0n) is 28.6. The fraction of sp³-hybridized carbons (Fsp3) is 0.400. The number of amides is 1. The van der Waals surface area contributed by atoms with Crippen molar-refractivity contribution in [2.45, 2.75) is 65.1 Å². The van der Waals surface area contributed by atoms with Crippen LogP contribution in [0, 0.1) is 22.2 Å². The molecule has 10 heteroatoms. The molecular weight excluding hydrogens is 652 g/mol. The molecule has 0 radical (unpaired) electrons. The Balaban J connectivity index is 1.34. The molecule has 1 aliphatic carbocycles. The third-order valence-electron chi connectivity index (χ3n) is 10.5. The molecule has 2 atom stereocenters. The molecule has 50 heavy (non-hydrogen) atoms. The van der Waals surface area contributed by atoms with E-state index in [9.17, 15) is 20.0 Å². The number of ether oxygens (including phenoxy) is 2. The number of likely N-dealkylation sites (tertiary alicyclic amines) is 2. The summed E-state index contributed by atoms with van der Waals surface area (Å²) in [5, 5.41) is 19.6. The van der Waals surface area contributed by atoms with Gasteiger partial charge in [0.1, 0.15) is 42.2 Å². The van der Waals surface area contributed by atoms with E-state index in [2.05, 4.69) is 43.1 Å². The van der Waals surface area contributed by atoms with Gasteiger partial charge >= 0.3 is 5.97 Å². The summed E-state index contributed by atoms with van der Waals surface area (Å²) < 4.78 is 13.0. The highest BCUT2D eigenvalue weighted by Gasteiger charge is 2.55. The van der Waals surface area contributed by atoms with Crippen LogP contribution in [0.1, 0.15) is 68.2 Å². The van der Waals surface area contributed by atoms with E-state index in [1.807, 2.05) is 40.2 Å². The van der Waals surface area contributed by atoms with Gasteiger partial charge in [0.25, 0.3) is 0 Å². The van der Waals surface area contributed by atoms with E-state index < -0.39 is 22.8 Å². The van der Waals surface area contributed by atoms with Crippen LogP contribution in [0.5, 0.6) is 11.5 Å². The number of hydrogen-bond acceptors (Lipinski definition) is 7. The van der Waals surface area contributed by atoms with E-state index in [1.165, 1.54) is 6.20 Å². The summed E-state index contributed by atoms with van der Waals surface area (Å²) in [5.41, 5.74) is 2.26. The Morgan fingerprint density at radius 1 is 1.02 bits per heavy atom. The van der Waals surface area contributed by atoms with Crippen molar-refractivity contribution in [1.29, 1.82) is 5.26 Å². The predicted molar refractivity (Wildman–Crippen MR) is 192 cm³/mol. The Morgan fingerprint density at radius 3 is 2.52 bits per heavy atom. The lowest BCUT2D eigenvalue weighted by atomic mass is 9.58. The van der Waals surface area contributed by atoms with Gasteiger partial charge < -0.3 is 19.5 Å². The maximum absolute atomic E-state index is 14.6. The van der Waals surface area contributed by atoms with E-state index in [4.69, 9.17) is 21.1 Å². The number of allylic oxidation sites excluding steroid dienone is 3. The van der Waals surface area contributed by atoms with E-state index in [1.54, 1.807) is 24.4 Å². The van der Waals surface area contributed by atoms with E-state index in [0.717, 1.165) is 42.4 Å². The molecule has 3 aromatic rings. The van der Waals surface area contributed by atoms with Crippen molar-refractivity contribution in [3.8, 4) is 17.6 Å². The minimum absolute atomic E-state index is 0.0247. The number of carboxylic acids is 1. The standard InChI is InChI=1S/C40H43ClN4O5/c1-39(2)32(30-11-4-3-5-12-30)13-10-15-40(39,38(48)44-16-8-9-17-44)27-50-36-21-35(49-26-29-19-28(22-42)23-43-24-29)31(20-33(36)41)25-45-18-7-6-14-34(45)37(46)47/h3-5,10-13,15,19-21,23-24,34H,6-9,14,16-18,25-27H2,1-2H3,(H,46,47)/t34-,40?/m0/s1. The first-order valence-corrected chi connectivity index (χ1v) is 17.6. The molecule has 9 nitrogen and oxygen atoms in total. The molecule has 0 bridgehead atoms. The molecule has 260 valence electrons. The van der Waals surface area contributed by atoms with Crippen molar-refractivity contribution in [2.75, 3.05) is 26.2 Å². The molecule has 1 N–H and O–H groups in total. The molecule has 6 rings (SSSR count). The fourth-order valence-corrected chi connectivity index (χ4v) is 7.72. The van der Waals surface area contributed by atoms with Crippen molar-refractivity contribution >= 4 is 29.1 Å². The third kappa shape index (κ3) is 7.14. The highest BCUT2D eigenvalue weighted by atomic mass is 35.5. The van der Waals surface area contributed by atoms with Gasteiger partial charge in [-0.1, -0.05) is 80.4 Å². The van der Waals surface area contributed by atoms with E-state index in [-0.39, 0.29) is 19.1 Å². The van der Waals surface area contributed by atoms with Crippen LogP contribution in [0.15, 0.2) is 79.2 Å². The Morgan fingerprint density at radius 2 is 1.78 bits per heavy atom. The van der Waals surface area contributed by atoms with E-state index >= 15 is 0 Å². The Labute approximate surface area is 298 Å². The van der Waals surface area contributed by atoms with Gasteiger partial charge in [0, 0.05) is 54.6 Å². The second-order valence-corrected chi connectivity index (χ2v) is 14.3. The monoisotopic (exact) mass is 694 g/mol. The molecule has 3 aliphatic rings. The Hall–Kier alpha value is -4.65. The lowest BCUT2D eigenvalue weighted by Crippen LogP contribution is -2.54. The average molecular weight is 695 g/mol. The van der Waals surface area contributed by atoms with E-state index in [0.29, 0.717) is 60.2 Å². The zero-order chi connectivity index (χ0) is 35.3. The highest BCUT2D eigenvalue weighted by molar-refractivity contribution is 6.32. The molecule has 1 aromatic heterocycles. The predicted octanol–water partition coefficient (Wildman–Crippen LogP) is 7.29. The fourth-order valence-electron chi connectivity index (χ4n) is 7.48. The summed E-state index contributed by atoms with van der Waals surface area (Å²) in [7, 11) is 0. The smallest absolute Gasteiger partial charge is 0.320 e. The average Bonchev–Trinajstić information content (AvgIpc) is 3.67. The highest BCUT2D eigenvalue weighted by Crippen LogP contribution is 2.54. The first kappa shape index (κ1) is 35.2. The molecular formula is C40H43ClN4O5. The summed E-state index contributed by atoms with van der Waals surface area (Å²) in [6, 6.07) is 16.8. The minimum Gasteiger partial charge on any atom is -0.490 e. The van der Waals surface area contributed by atoms with Crippen molar-refractivity contribution in [1.82, 2.24) is 14.8 Å². The van der Waals surface area contributed by atoms with Crippen molar-refractivity contribution in [2.24, 2.45) is 10.8 Å². The van der Waals surface area contributed by atoms with Crippen LogP contribution >= 0.6 is 11.6 Å². The molecule has 2 fully saturated rings. The van der Waals surface area contributed by atoms with Gasteiger partial charge in [0.15, 0.2) is 0 Å². The number of benzene rings is 2. The number of halogens is 1. The Kier molecular flexibility index (Phi) is 10.6. The number of aromatic nitrogens is 1. The molecule has 2 aromatic carbocycles. The SMILES string of the molecule is CC1(C)C(c2ccccc2)=CC=CC1(COc1cc(OCc2cncc(C#N)c2)c(CN2CCCC[C@H]2C(=O)O)cc1Cl)C(=O)N1CCCC1. The van der Waals surface area contributed by atoms with Crippen LogP contribution in [0.4, 0.5) is 0 Å². The summed E-state index contributed by atoms with van der Waals surface area (Å²) in [6.45, 7) is 6.74. The number of hydrogen-bond donors (Lipinski definition) is 1. The molecule has 2 saturated heterocycles. The van der Waals surface area contributed by atoms with Gasteiger partial charge in [-0.3, -0.25) is 19.5 Å². The lowest BCUT2D eigenvalue weighted by molar-refractivity contribution is -0.145. The molecule has 2 aliphatic heterocycles. The number of piperidine rings is 1. The summed E-state index contributed by atoms with van der Waals surface area (Å²) in [5.74, 6) is 0.00963. The zero-order valence-corrected chi connectivity index (χ0v) is 29.4. The number of aliphatic carboxylic acids is 1. The second-order valence-electron chi connectivity index (χ2n) is 13.9. The summed E-state index contributed by atoms with van der Waals surface area (Å²) in [4.78, 5) is 34.8. The van der Waals surface area contributed by atoms with Crippen LogP contribution in [-0.4, -0.2) is 64.0 Å². The van der Waals surface area contributed by atoms with Gasteiger partial charge in [0.05, 0.1) is 10.6 Å². The first-order chi connectivity index (χ1) is 24.1. The van der Waals surface area contributed by atoms with Crippen LogP contribution in [-0.2, 0) is 22.7 Å². The van der Waals surface area contributed by atoms with Gasteiger partial charge in [-0.2, -0.15) is 5.26 Å². The first-order valence-electron chi connectivity index (χ1n) is 17.3.